The lowest BCUT2D eigenvalue weighted by molar-refractivity contribution is 1.30. The van der Waals surface area contributed by atoms with E-state index < -0.39 is 0 Å². The van der Waals surface area contributed by atoms with Gasteiger partial charge in [-0.3, -0.25) is 0 Å². The Kier molecular flexibility index (Phi) is 7.92. The van der Waals surface area contributed by atoms with Crippen molar-refractivity contribution < 1.29 is 0 Å². The van der Waals surface area contributed by atoms with Gasteiger partial charge >= 0.3 is 0 Å². The Balaban J connectivity index is 1.32. The molecule has 0 aliphatic heterocycles. The Morgan fingerprint density at radius 2 is 0.745 bits per heavy atom. The molecule has 240 valence electrons. The fraction of sp³-hybridized carbons (Fsp3) is 0. The average molecular weight is 650 g/mol. The summed E-state index contributed by atoms with van der Waals surface area (Å²) in [4.78, 5) is 2.46. The molecule has 0 unspecified atom stereocenters. The fourth-order valence-corrected chi connectivity index (χ4v) is 7.41. The highest BCUT2D eigenvalue weighted by Gasteiger charge is 2.22. The highest BCUT2D eigenvalue weighted by molar-refractivity contribution is 6.08. The van der Waals surface area contributed by atoms with Crippen LogP contribution < -0.4 is 4.90 Å². The van der Waals surface area contributed by atoms with Crippen molar-refractivity contribution in [1.29, 1.82) is 0 Å². The number of rotatable bonds is 7. The molecule has 0 aliphatic rings. The summed E-state index contributed by atoms with van der Waals surface area (Å²) in [6, 6.07) is 76.7. The molecule has 9 rings (SSSR count). The molecule has 0 spiro atoms. The second-order valence-corrected chi connectivity index (χ2v) is 12.9. The standard InChI is InChI=1S/C50H35N/c1-4-15-36(16-5-1)37-27-30-42(31-28-37)51(49-34-33-45(38-17-6-2-7-18-38)47-24-12-13-25-48(47)49)50-35-41(29-32-46(50)40-19-8-3-9-20-40)44-26-14-22-39-21-10-11-23-43(39)44/h1-35H. The molecule has 9 aromatic rings. The fourth-order valence-electron chi connectivity index (χ4n) is 7.41. The molecule has 0 amide bonds. The Hall–Kier alpha value is -6.70. The molecule has 0 saturated heterocycles. The first-order valence-corrected chi connectivity index (χ1v) is 17.5. The monoisotopic (exact) mass is 649 g/mol. The van der Waals surface area contributed by atoms with E-state index >= 15 is 0 Å². The van der Waals surface area contributed by atoms with Gasteiger partial charge in [0.25, 0.3) is 0 Å². The molecular formula is C50H35N. The summed E-state index contributed by atoms with van der Waals surface area (Å²) < 4.78 is 0. The second kappa shape index (κ2) is 13.3. The minimum atomic E-state index is 1.10. The highest BCUT2D eigenvalue weighted by atomic mass is 15.1. The van der Waals surface area contributed by atoms with Crippen molar-refractivity contribution in [2.45, 2.75) is 0 Å². The zero-order chi connectivity index (χ0) is 34.0. The van der Waals surface area contributed by atoms with Crippen LogP contribution >= 0.6 is 0 Å². The van der Waals surface area contributed by atoms with Crippen LogP contribution in [-0.2, 0) is 0 Å². The SMILES string of the molecule is c1ccc(-c2ccc(N(c3cc(-c4cccc5ccccc45)ccc3-c3ccccc3)c3ccc(-c4ccccc4)c4ccccc34)cc2)cc1. The van der Waals surface area contributed by atoms with Gasteiger partial charge in [-0.15, -0.1) is 0 Å². The van der Waals surface area contributed by atoms with Crippen LogP contribution in [0.5, 0.6) is 0 Å². The van der Waals surface area contributed by atoms with Crippen LogP contribution in [0, 0.1) is 0 Å². The maximum atomic E-state index is 2.46. The second-order valence-electron chi connectivity index (χ2n) is 12.9. The molecule has 0 fully saturated rings. The Bertz CT molecular complexity index is 2600. The third kappa shape index (κ3) is 5.75. The van der Waals surface area contributed by atoms with E-state index in [1.54, 1.807) is 0 Å². The van der Waals surface area contributed by atoms with Gasteiger partial charge in [-0.2, -0.15) is 0 Å². The van der Waals surface area contributed by atoms with Crippen LogP contribution in [0.2, 0.25) is 0 Å². The molecule has 0 atom stereocenters. The Labute approximate surface area is 299 Å². The van der Waals surface area contributed by atoms with Gasteiger partial charge in [0, 0.05) is 16.6 Å². The molecule has 0 aromatic heterocycles. The minimum absolute atomic E-state index is 1.10. The van der Waals surface area contributed by atoms with E-state index in [1.165, 1.54) is 66.1 Å². The molecule has 1 heteroatoms. The van der Waals surface area contributed by atoms with Crippen molar-refractivity contribution in [3.05, 3.63) is 212 Å². The molecule has 0 saturated carbocycles. The van der Waals surface area contributed by atoms with Gasteiger partial charge in [-0.1, -0.05) is 188 Å². The Morgan fingerprint density at radius 1 is 0.255 bits per heavy atom. The average Bonchev–Trinajstić information content (AvgIpc) is 3.22. The largest absolute Gasteiger partial charge is 0.309 e. The summed E-state index contributed by atoms with van der Waals surface area (Å²) in [7, 11) is 0. The molecule has 0 heterocycles. The highest BCUT2D eigenvalue weighted by Crippen LogP contribution is 2.47. The van der Waals surface area contributed by atoms with Gasteiger partial charge in [0.1, 0.15) is 0 Å². The topological polar surface area (TPSA) is 3.24 Å². The van der Waals surface area contributed by atoms with Crippen LogP contribution in [0.15, 0.2) is 212 Å². The molecule has 0 aliphatic carbocycles. The number of nitrogens with zero attached hydrogens (tertiary/aromatic N) is 1. The van der Waals surface area contributed by atoms with Crippen molar-refractivity contribution in [1.82, 2.24) is 0 Å². The van der Waals surface area contributed by atoms with Crippen LogP contribution in [0.1, 0.15) is 0 Å². The van der Waals surface area contributed by atoms with Gasteiger partial charge in [-0.05, 0) is 79.4 Å². The molecular weight excluding hydrogens is 615 g/mol. The quantitative estimate of drug-likeness (QED) is 0.166. The molecule has 9 aromatic carbocycles. The summed E-state index contributed by atoms with van der Waals surface area (Å²) in [5.74, 6) is 0. The van der Waals surface area contributed by atoms with Crippen LogP contribution in [0.3, 0.4) is 0 Å². The smallest absolute Gasteiger partial charge is 0.0546 e. The van der Waals surface area contributed by atoms with Crippen molar-refractivity contribution in [3.8, 4) is 44.5 Å². The molecule has 51 heavy (non-hydrogen) atoms. The van der Waals surface area contributed by atoms with Crippen molar-refractivity contribution >= 4 is 38.6 Å². The summed E-state index contributed by atoms with van der Waals surface area (Å²) in [5.41, 5.74) is 12.9. The van der Waals surface area contributed by atoms with E-state index in [0.717, 1.165) is 17.1 Å². The van der Waals surface area contributed by atoms with Crippen molar-refractivity contribution in [2.75, 3.05) is 4.90 Å². The van der Waals surface area contributed by atoms with Gasteiger partial charge in [0.05, 0.1) is 11.4 Å². The lowest BCUT2D eigenvalue weighted by atomic mass is 9.93. The van der Waals surface area contributed by atoms with E-state index in [1.807, 2.05) is 0 Å². The minimum Gasteiger partial charge on any atom is -0.309 e. The number of anilines is 3. The van der Waals surface area contributed by atoms with Crippen LogP contribution in [0.4, 0.5) is 17.1 Å². The summed E-state index contributed by atoms with van der Waals surface area (Å²) in [5, 5.41) is 4.90. The normalized spacial score (nSPS) is 11.1. The van der Waals surface area contributed by atoms with Crippen LogP contribution in [0.25, 0.3) is 66.1 Å². The van der Waals surface area contributed by atoms with Crippen molar-refractivity contribution in [3.63, 3.8) is 0 Å². The first-order valence-electron chi connectivity index (χ1n) is 17.5. The molecule has 1 nitrogen and oxygen atoms in total. The predicted molar refractivity (Wildman–Crippen MR) is 218 cm³/mol. The number of fused-ring (bicyclic) bond motifs is 2. The lowest BCUT2D eigenvalue weighted by Crippen LogP contribution is -2.12. The van der Waals surface area contributed by atoms with Gasteiger partial charge in [-0.25, -0.2) is 0 Å². The van der Waals surface area contributed by atoms with Gasteiger partial charge < -0.3 is 4.90 Å². The number of hydrogen-bond acceptors (Lipinski definition) is 1. The van der Waals surface area contributed by atoms with E-state index in [-0.39, 0.29) is 0 Å². The van der Waals surface area contributed by atoms with Crippen LogP contribution in [-0.4, -0.2) is 0 Å². The summed E-state index contributed by atoms with van der Waals surface area (Å²) in [6.45, 7) is 0. The van der Waals surface area contributed by atoms with Gasteiger partial charge in [0.2, 0.25) is 0 Å². The van der Waals surface area contributed by atoms with Gasteiger partial charge in [0.15, 0.2) is 0 Å². The Morgan fingerprint density at radius 3 is 1.45 bits per heavy atom. The first kappa shape index (κ1) is 30.4. The maximum absolute atomic E-state index is 2.46. The van der Waals surface area contributed by atoms with E-state index in [9.17, 15) is 0 Å². The maximum Gasteiger partial charge on any atom is 0.0546 e. The summed E-state index contributed by atoms with van der Waals surface area (Å²) >= 11 is 0. The molecule has 0 radical (unpaired) electrons. The first-order chi connectivity index (χ1) is 25.3. The summed E-state index contributed by atoms with van der Waals surface area (Å²) in [6.07, 6.45) is 0. The molecule has 0 N–H and O–H groups in total. The zero-order valence-corrected chi connectivity index (χ0v) is 28.2. The predicted octanol–water partition coefficient (Wildman–Crippen LogP) is 14.1. The van der Waals surface area contributed by atoms with E-state index in [2.05, 4.69) is 217 Å². The third-order valence-corrected chi connectivity index (χ3v) is 9.88. The zero-order valence-electron chi connectivity index (χ0n) is 28.2. The lowest BCUT2D eigenvalue weighted by Gasteiger charge is -2.30. The third-order valence-electron chi connectivity index (χ3n) is 9.88. The molecule has 0 bridgehead atoms. The number of benzene rings is 9. The number of hydrogen-bond donors (Lipinski definition) is 0. The van der Waals surface area contributed by atoms with Crippen molar-refractivity contribution in [2.24, 2.45) is 0 Å². The van der Waals surface area contributed by atoms with E-state index in [0.29, 0.717) is 0 Å². The van der Waals surface area contributed by atoms with E-state index in [4.69, 9.17) is 0 Å².